The zero-order chi connectivity index (χ0) is 20.3. The molecule has 0 radical (unpaired) electrons. The molecule has 0 amide bonds. The van der Waals surface area contributed by atoms with E-state index in [-0.39, 0.29) is 17.0 Å². The van der Waals surface area contributed by atoms with Crippen molar-refractivity contribution in [3.63, 3.8) is 0 Å². The Morgan fingerprint density at radius 1 is 1.29 bits per heavy atom. The fraction of sp³-hybridized carbons (Fsp3) is 0.200. The highest BCUT2D eigenvalue weighted by atomic mass is 16.6. The highest BCUT2D eigenvalue weighted by Gasteiger charge is 2.26. The highest BCUT2D eigenvalue weighted by Crippen LogP contribution is 2.25. The van der Waals surface area contributed by atoms with Crippen LogP contribution in [0.5, 0.6) is 0 Å². The van der Waals surface area contributed by atoms with Gasteiger partial charge in [-0.05, 0) is 25.5 Å². The molecule has 0 spiro atoms. The number of nitrogens with zero attached hydrogens (tertiary/aromatic N) is 3. The predicted octanol–water partition coefficient (Wildman–Crippen LogP) is 4.08. The van der Waals surface area contributed by atoms with E-state index in [2.05, 4.69) is 15.0 Å². The molecule has 0 saturated heterocycles. The lowest BCUT2D eigenvalue weighted by Crippen LogP contribution is -2.22. The molecule has 0 bridgehead atoms. The molecule has 8 heteroatoms. The lowest BCUT2D eigenvalue weighted by molar-refractivity contribution is -0.385. The van der Waals surface area contributed by atoms with E-state index in [0.717, 1.165) is 11.3 Å². The molecule has 2 heterocycles. The van der Waals surface area contributed by atoms with E-state index in [9.17, 15) is 14.9 Å². The third-order valence-electron chi connectivity index (χ3n) is 4.59. The van der Waals surface area contributed by atoms with Crippen molar-refractivity contribution in [3.8, 4) is 11.3 Å². The van der Waals surface area contributed by atoms with E-state index in [0.29, 0.717) is 17.8 Å². The number of nitrogens with one attached hydrogen (secondary N) is 2. The second-order valence-corrected chi connectivity index (χ2v) is 6.38. The van der Waals surface area contributed by atoms with Crippen LogP contribution in [0.2, 0.25) is 0 Å². The maximum atomic E-state index is 12.8. The van der Waals surface area contributed by atoms with Gasteiger partial charge >= 0.3 is 0 Å². The van der Waals surface area contributed by atoms with Gasteiger partial charge in [-0.25, -0.2) is 4.98 Å². The lowest BCUT2D eigenvalue weighted by Gasteiger charge is -2.13. The lowest BCUT2D eigenvalue weighted by atomic mass is 9.92. The summed E-state index contributed by atoms with van der Waals surface area (Å²) in [6.45, 7) is 3.47. The number of H-pyrrole nitrogens is 1. The minimum absolute atomic E-state index is 0.127. The van der Waals surface area contributed by atoms with E-state index < -0.39 is 16.6 Å². The number of Topliss-reactive ketones (excluding diaryl/α,β-unsaturated/α-hetero) is 1. The number of hydrogen-bond donors (Lipinski definition) is 2. The fourth-order valence-corrected chi connectivity index (χ4v) is 2.99. The summed E-state index contributed by atoms with van der Waals surface area (Å²) in [4.78, 5) is 34.9. The first-order chi connectivity index (χ1) is 13.4. The van der Waals surface area contributed by atoms with Crippen LogP contribution in [0, 0.1) is 22.4 Å². The summed E-state index contributed by atoms with van der Waals surface area (Å²) < 4.78 is 0. The number of nitro benzene ring substituents is 1. The second kappa shape index (κ2) is 7.91. The predicted molar refractivity (Wildman–Crippen MR) is 105 cm³/mol. The average Bonchev–Trinajstić information content (AvgIpc) is 3.18. The van der Waals surface area contributed by atoms with Gasteiger partial charge in [-0.3, -0.25) is 19.9 Å². The van der Waals surface area contributed by atoms with Crippen molar-refractivity contribution < 1.29 is 9.72 Å². The number of aromatic amines is 1. The minimum Gasteiger partial charge on any atom is -0.341 e. The van der Waals surface area contributed by atoms with Crippen LogP contribution in [0.1, 0.15) is 41.0 Å². The molecule has 3 rings (SSSR count). The van der Waals surface area contributed by atoms with Crippen LogP contribution in [0.15, 0.2) is 48.9 Å². The smallest absolute Gasteiger partial charge is 0.273 e. The van der Waals surface area contributed by atoms with Crippen molar-refractivity contribution >= 4 is 17.2 Å². The highest BCUT2D eigenvalue weighted by molar-refractivity contribution is 6.46. The van der Waals surface area contributed by atoms with Gasteiger partial charge in [0.05, 0.1) is 28.4 Å². The Hall–Kier alpha value is -3.68. The largest absolute Gasteiger partial charge is 0.341 e. The molecule has 1 atom stereocenters. The van der Waals surface area contributed by atoms with Crippen LogP contribution in [0.3, 0.4) is 0 Å². The number of ketones is 1. The molecule has 0 saturated carbocycles. The summed E-state index contributed by atoms with van der Waals surface area (Å²) in [7, 11) is 0. The Morgan fingerprint density at radius 2 is 2.00 bits per heavy atom. The average molecular weight is 377 g/mol. The third kappa shape index (κ3) is 3.71. The molecular formula is C20H19N5O3. The topological polar surface area (TPSA) is 126 Å². The molecule has 28 heavy (non-hydrogen) atoms. The number of carbonyl (C=O) groups is 1. The van der Waals surface area contributed by atoms with Crippen molar-refractivity contribution in [2.45, 2.75) is 26.2 Å². The molecular weight excluding hydrogens is 358 g/mol. The molecule has 2 N–H and O–H groups in total. The normalized spacial score (nSPS) is 11.8. The summed E-state index contributed by atoms with van der Waals surface area (Å²) in [5.41, 5.74) is 1.97. The van der Waals surface area contributed by atoms with Gasteiger partial charge in [-0.2, -0.15) is 0 Å². The Kier molecular flexibility index (Phi) is 5.39. The first-order valence-corrected chi connectivity index (χ1v) is 8.75. The Labute approximate surface area is 161 Å². The van der Waals surface area contributed by atoms with Gasteiger partial charge in [0, 0.05) is 35.2 Å². The molecule has 1 aromatic carbocycles. The number of aromatic nitrogens is 3. The first kappa shape index (κ1) is 19.1. The van der Waals surface area contributed by atoms with Crippen molar-refractivity contribution in [3.05, 3.63) is 76.0 Å². The van der Waals surface area contributed by atoms with E-state index in [1.165, 1.54) is 18.2 Å². The number of pyridine rings is 1. The zero-order valence-corrected chi connectivity index (χ0v) is 15.5. The maximum Gasteiger partial charge on any atom is 0.273 e. The monoisotopic (exact) mass is 377 g/mol. The van der Waals surface area contributed by atoms with Gasteiger partial charge in [-0.15, -0.1) is 0 Å². The summed E-state index contributed by atoms with van der Waals surface area (Å²) >= 11 is 0. The molecule has 1 unspecified atom stereocenters. The van der Waals surface area contributed by atoms with Crippen LogP contribution in [0.4, 0.5) is 5.69 Å². The zero-order valence-electron chi connectivity index (χ0n) is 15.5. The number of imidazole rings is 1. The fourth-order valence-electron chi connectivity index (χ4n) is 2.99. The maximum absolute atomic E-state index is 12.8. The van der Waals surface area contributed by atoms with Gasteiger partial charge in [0.15, 0.2) is 0 Å². The van der Waals surface area contributed by atoms with Crippen LogP contribution < -0.4 is 0 Å². The van der Waals surface area contributed by atoms with Crippen LogP contribution >= 0.6 is 0 Å². The molecule has 0 aliphatic carbocycles. The number of carbonyl (C=O) groups excluding carboxylic acids is 1. The van der Waals surface area contributed by atoms with E-state index in [4.69, 9.17) is 5.41 Å². The number of benzene rings is 1. The van der Waals surface area contributed by atoms with Crippen LogP contribution in [-0.4, -0.2) is 31.4 Å². The van der Waals surface area contributed by atoms with Crippen molar-refractivity contribution in [1.29, 1.82) is 5.41 Å². The van der Waals surface area contributed by atoms with Gasteiger partial charge in [0.25, 0.3) is 5.69 Å². The van der Waals surface area contributed by atoms with Gasteiger partial charge in [0.1, 0.15) is 5.82 Å². The number of rotatable bonds is 7. The summed E-state index contributed by atoms with van der Waals surface area (Å²) in [6.07, 6.45) is 5.48. The molecule has 2 aromatic heterocycles. The number of nitro groups is 1. The van der Waals surface area contributed by atoms with Crippen molar-refractivity contribution in [2.24, 2.45) is 0 Å². The molecule has 0 aliphatic rings. The van der Waals surface area contributed by atoms with E-state index in [1.807, 2.05) is 19.1 Å². The molecule has 142 valence electrons. The minimum atomic E-state index is -0.545. The number of aryl methyl sites for hydroxylation is 1. The second-order valence-electron chi connectivity index (χ2n) is 6.38. The summed E-state index contributed by atoms with van der Waals surface area (Å²) in [6, 6.07) is 7.92. The van der Waals surface area contributed by atoms with Gasteiger partial charge in [0.2, 0.25) is 5.78 Å². The summed E-state index contributed by atoms with van der Waals surface area (Å²) in [5.74, 6) is -0.575. The van der Waals surface area contributed by atoms with Crippen LogP contribution in [0.25, 0.3) is 11.3 Å². The molecule has 0 fully saturated rings. The quantitative estimate of drug-likeness (QED) is 0.278. The van der Waals surface area contributed by atoms with Crippen molar-refractivity contribution in [1.82, 2.24) is 15.0 Å². The van der Waals surface area contributed by atoms with Gasteiger partial charge < -0.3 is 10.4 Å². The van der Waals surface area contributed by atoms with Crippen molar-refractivity contribution in [2.75, 3.05) is 0 Å². The van der Waals surface area contributed by atoms with Gasteiger partial charge in [-0.1, -0.05) is 19.1 Å². The number of hydrogen-bond acceptors (Lipinski definition) is 6. The Bertz CT molecular complexity index is 1040. The van der Waals surface area contributed by atoms with E-state index in [1.54, 1.807) is 25.5 Å². The molecule has 0 aliphatic heterocycles. The Balaban J connectivity index is 1.88. The molecule has 3 aromatic rings. The van der Waals surface area contributed by atoms with Crippen LogP contribution in [-0.2, 0) is 0 Å². The molecule has 8 nitrogen and oxygen atoms in total. The standard InChI is InChI=1S/C20H19N5O3/c1-3-15(20-23-11-16(24-20)13-6-8-22-9-7-13)18(21)19(26)14-5-4-12(2)17(10-14)25(27)28/h4-11,15,21H,3H2,1-2H3,(H,23,24). The summed E-state index contributed by atoms with van der Waals surface area (Å²) in [5, 5.41) is 19.5. The third-order valence-corrected chi connectivity index (χ3v) is 4.59. The van der Waals surface area contributed by atoms with E-state index >= 15 is 0 Å². The first-order valence-electron chi connectivity index (χ1n) is 8.75. The Morgan fingerprint density at radius 3 is 2.64 bits per heavy atom. The SMILES string of the molecule is CCC(C(=N)C(=O)c1ccc(C)c([N+](=O)[O-])c1)c1ncc(-c2ccncc2)[nH]1.